The molecule has 0 aromatic carbocycles. The second kappa shape index (κ2) is 13.8. The normalized spacial score (nSPS) is 12.1. The third-order valence-electron chi connectivity index (χ3n) is 2.57. The summed E-state index contributed by atoms with van der Waals surface area (Å²) in [5.74, 6) is -0.741. The van der Waals surface area contributed by atoms with Crippen molar-refractivity contribution in [2.45, 2.75) is 58.3 Å². The van der Waals surface area contributed by atoms with E-state index in [-0.39, 0.29) is 6.42 Å². The van der Waals surface area contributed by atoms with Crippen molar-refractivity contribution < 1.29 is 9.90 Å². The highest BCUT2D eigenvalue weighted by Crippen LogP contribution is 2.03. The molecule has 0 heterocycles. The number of carbonyl (C=O) groups is 1. The summed E-state index contributed by atoms with van der Waals surface area (Å²) in [6.07, 6.45) is 20.5. The van der Waals surface area contributed by atoms with Crippen LogP contribution in [-0.4, -0.2) is 11.1 Å². The fraction of sp³-hybridized carbons (Fsp3) is 0.562. The molecule has 0 amide bonds. The Morgan fingerprint density at radius 3 is 2.44 bits per heavy atom. The van der Waals surface area contributed by atoms with Gasteiger partial charge in [-0.05, 0) is 25.7 Å². The number of hydrogen-bond donors (Lipinski definition) is 1. The number of carboxylic acid groups (broad SMARTS) is 1. The van der Waals surface area contributed by atoms with E-state index in [9.17, 15) is 4.79 Å². The van der Waals surface area contributed by atoms with Gasteiger partial charge in [0.25, 0.3) is 0 Å². The fourth-order valence-electron chi connectivity index (χ4n) is 1.52. The molecule has 0 aromatic rings. The van der Waals surface area contributed by atoms with E-state index in [1.54, 1.807) is 0 Å². The molecule has 18 heavy (non-hydrogen) atoms. The molecular formula is C16H26O2. The molecule has 0 aliphatic heterocycles. The van der Waals surface area contributed by atoms with Crippen LogP contribution >= 0.6 is 0 Å². The van der Waals surface area contributed by atoms with Crippen LogP contribution in [0.1, 0.15) is 58.3 Å². The summed E-state index contributed by atoms with van der Waals surface area (Å²) in [6, 6.07) is 0. The van der Waals surface area contributed by atoms with Crippen LogP contribution in [0.4, 0.5) is 0 Å². The summed E-state index contributed by atoms with van der Waals surface area (Å²) < 4.78 is 0. The SMILES string of the molecule is CCCCCC/C=C/C/C=C/C=C/CCC(=O)O. The summed E-state index contributed by atoms with van der Waals surface area (Å²) in [5, 5.41) is 8.43. The zero-order valence-electron chi connectivity index (χ0n) is 11.5. The first-order valence-corrected chi connectivity index (χ1v) is 6.95. The van der Waals surface area contributed by atoms with Crippen molar-refractivity contribution in [2.24, 2.45) is 0 Å². The van der Waals surface area contributed by atoms with Crippen molar-refractivity contribution >= 4 is 5.97 Å². The molecule has 0 atom stereocenters. The van der Waals surface area contributed by atoms with Crippen LogP contribution in [0.5, 0.6) is 0 Å². The van der Waals surface area contributed by atoms with Gasteiger partial charge in [0.1, 0.15) is 0 Å². The van der Waals surface area contributed by atoms with Gasteiger partial charge >= 0.3 is 5.97 Å². The highest BCUT2D eigenvalue weighted by molar-refractivity contribution is 5.66. The molecule has 2 nitrogen and oxygen atoms in total. The molecule has 0 unspecified atom stereocenters. The van der Waals surface area contributed by atoms with Gasteiger partial charge in [0.15, 0.2) is 0 Å². The number of carboxylic acids is 1. The van der Waals surface area contributed by atoms with E-state index in [4.69, 9.17) is 5.11 Å². The number of unbranched alkanes of at least 4 members (excludes halogenated alkanes) is 4. The molecule has 0 spiro atoms. The first-order valence-electron chi connectivity index (χ1n) is 6.95. The van der Waals surface area contributed by atoms with Crippen LogP contribution in [0.2, 0.25) is 0 Å². The first-order chi connectivity index (χ1) is 8.77. The van der Waals surface area contributed by atoms with E-state index in [1.807, 2.05) is 18.2 Å². The molecule has 0 bridgehead atoms. The summed E-state index contributed by atoms with van der Waals surface area (Å²) in [7, 11) is 0. The second-order valence-electron chi connectivity index (χ2n) is 4.35. The summed E-state index contributed by atoms with van der Waals surface area (Å²) in [6.45, 7) is 2.23. The highest BCUT2D eigenvalue weighted by atomic mass is 16.4. The Morgan fingerprint density at radius 1 is 0.944 bits per heavy atom. The van der Waals surface area contributed by atoms with Crippen molar-refractivity contribution in [1.82, 2.24) is 0 Å². The van der Waals surface area contributed by atoms with Crippen LogP contribution < -0.4 is 0 Å². The minimum Gasteiger partial charge on any atom is -0.481 e. The zero-order valence-corrected chi connectivity index (χ0v) is 11.5. The molecule has 1 N–H and O–H groups in total. The third kappa shape index (κ3) is 14.7. The van der Waals surface area contributed by atoms with Gasteiger partial charge in [-0.2, -0.15) is 0 Å². The Bertz CT molecular complexity index is 275. The third-order valence-corrected chi connectivity index (χ3v) is 2.57. The lowest BCUT2D eigenvalue weighted by Crippen LogP contribution is -1.91. The number of hydrogen-bond acceptors (Lipinski definition) is 1. The van der Waals surface area contributed by atoms with Gasteiger partial charge in [-0.1, -0.05) is 62.6 Å². The standard InChI is InChI=1S/C16H26O2/c1-2-3-4-5-6-7-8-9-10-11-12-13-14-15-16(17)18/h7-8,10-13H,2-6,9,14-15H2,1H3,(H,17,18)/b8-7+,11-10+,13-12+. The largest absolute Gasteiger partial charge is 0.481 e. The van der Waals surface area contributed by atoms with Crippen LogP contribution in [0, 0.1) is 0 Å². The molecule has 0 rings (SSSR count). The van der Waals surface area contributed by atoms with Gasteiger partial charge in [-0.25, -0.2) is 0 Å². The van der Waals surface area contributed by atoms with Gasteiger partial charge in [0.2, 0.25) is 0 Å². The van der Waals surface area contributed by atoms with Crippen molar-refractivity contribution in [3.8, 4) is 0 Å². The van der Waals surface area contributed by atoms with Crippen molar-refractivity contribution in [1.29, 1.82) is 0 Å². The van der Waals surface area contributed by atoms with E-state index in [0.717, 1.165) is 6.42 Å². The molecule has 2 heteroatoms. The quantitative estimate of drug-likeness (QED) is 0.322. The Morgan fingerprint density at radius 2 is 1.72 bits per heavy atom. The van der Waals surface area contributed by atoms with E-state index < -0.39 is 5.97 Å². The fourth-order valence-corrected chi connectivity index (χ4v) is 1.52. The average Bonchev–Trinajstić information content (AvgIpc) is 2.34. The lowest BCUT2D eigenvalue weighted by atomic mass is 10.1. The van der Waals surface area contributed by atoms with E-state index in [0.29, 0.717) is 6.42 Å². The Hall–Kier alpha value is -1.31. The molecule has 0 fully saturated rings. The molecule has 0 saturated carbocycles. The first kappa shape index (κ1) is 16.7. The van der Waals surface area contributed by atoms with Crippen molar-refractivity contribution in [2.75, 3.05) is 0 Å². The van der Waals surface area contributed by atoms with Gasteiger partial charge < -0.3 is 5.11 Å². The minimum absolute atomic E-state index is 0.210. The summed E-state index contributed by atoms with van der Waals surface area (Å²) >= 11 is 0. The Balaban J connectivity index is 3.36. The van der Waals surface area contributed by atoms with Gasteiger partial charge in [-0.3, -0.25) is 4.79 Å². The molecule has 102 valence electrons. The lowest BCUT2D eigenvalue weighted by Gasteiger charge is -1.93. The smallest absolute Gasteiger partial charge is 0.303 e. The molecule has 0 aliphatic rings. The summed E-state index contributed by atoms with van der Waals surface area (Å²) in [5.41, 5.74) is 0. The second-order valence-corrected chi connectivity index (χ2v) is 4.35. The van der Waals surface area contributed by atoms with Gasteiger partial charge in [0, 0.05) is 6.42 Å². The maximum Gasteiger partial charge on any atom is 0.303 e. The van der Waals surface area contributed by atoms with Crippen LogP contribution in [0.25, 0.3) is 0 Å². The minimum atomic E-state index is -0.741. The Kier molecular flexibility index (Phi) is 12.8. The van der Waals surface area contributed by atoms with E-state index >= 15 is 0 Å². The summed E-state index contributed by atoms with van der Waals surface area (Å²) in [4.78, 5) is 10.2. The monoisotopic (exact) mass is 250 g/mol. The highest BCUT2D eigenvalue weighted by Gasteiger charge is 1.90. The number of aliphatic carboxylic acids is 1. The molecule has 0 aromatic heterocycles. The topological polar surface area (TPSA) is 37.3 Å². The van der Waals surface area contributed by atoms with E-state index in [1.165, 1.54) is 32.1 Å². The molecule has 0 radical (unpaired) electrons. The van der Waals surface area contributed by atoms with Gasteiger partial charge in [-0.15, -0.1) is 0 Å². The lowest BCUT2D eigenvalue weighted by molar-refractivity contribution is -0.136. The van der Waals surface area contributed by atoms with Crippen LogP contribution in [0.3, 0.4) is 0 Å². The van der Waals surface area contributed by atoms with Crippen LogP contribution in [-0.2, 0) is 4.79 Å². The maximum absolute atomic E-state index is 10.2. The Labute approximate surface area is 111 Å². The van der Waals surface area contributed by atoms with E-state index in [2.05, 4.69) is 25.2 Å². The average molecular weight is 250 g/mol. The number of allylic oxidation sites excluding steroid dienone is 6. The predicted octanol–water partition coefficient (Wildman–Crippen LogP) is 4.88. The molecule has 0 saturated heterocycles. The van der Waals surface area contributed by atoms with Crippen molar-refractivity contribution in [3.05, 3.63) is 36.5 Å². The van der Waals surface area contributed by atoms with Gasteiger partial charge in [0.05, 0.1) is 0 Å². The molecule has 0 aliphatic carbocycles. The van der Waals surface area contributed by atoms with Crippen molar-refractivity contribution in [3.63, 3.8) is 0 Å². The van der Waals surface area contributed by atoms with Crippen LogP contribution in [0.15, 0.2) is 36.5 Å². The molecular weight excluding hydrogens is 224 g/mol. The maximum atomic E-state index is 10.2. The zero-order chi connectivity index (χ0) is 13.5. The number of rotatable bonds is 11. The predicted molar refractivity (Wildman–Crippen MR) is 77.7 cm³/mol.